The first-order chi connectivity index (χ1) is 12.9. The third-order valence-corrected chi connectivity index (χ3v) is 5.97. The van der Waals surface area contributed by atoms with Crippen molar-refractivity contribution in [2.45, 2.75) is 25.8 Å². The van der Waals surface area contributed by atoms with Crippen LogP contribution in [0, 0.1) is 5.92 Å². The molecular weight excluding hydrogens is 370 g/mol. The summed E-state index contributed by atoms with van der Waals surface area (Å²) in [7, 11) is 0. The molecule has 0 bridgehead atoms. The molecule has 1 aromatic carbocycles. The van der Waals surface area contributed by atoms with Gasteiger partial charge in [-0.3, -0.25) is 13.3 Å². The van der Waals surface area contributed by atoms with E-state index in [1.165, 1.54) is 4.31 Å². The number of aliphatic carboxylic acids is 1. The average Bonchev–Trinajstić information content (AvgIpc) is 2.65. The topological polar surface area (TPSA) is 113 Å². The molecule has 27 heavy (non-hydrogen) atoms. The highest BCUT2D eigenvalue weighted by Crippen LogP contribution is 2.33. The smallest absolute Gasteiger partial charge is 0.317 e. The van der Waals surface area contributed by atoms with Crippen molar-refractivity contribution in [3.05, 3.63) is 35.4 Å². The summed E-state index contributed by atoms with van der Waals surface area (Å²) in [6.07, 6.45) is 2.79. The van der Waals surface area contributed by atoms with E-state index in [0.29, 0.717) is 31.6 Å². The molecule has 0 spiro atoms. The van der Waals surface area contributed by atoms with Crippen molar-refractivity contribution < 1.29 is 23.5 Å². The second kappa shape index (κ2) is 8.10. The molecule has 1 fully saturated rings. The van der Waals surface area contributed by atoms with Crippen LogP contribution in [0.5, 0.6) is 0 Å². The fourth-order valence-electron chi connectivity index (χ4n) is 3.52. The number of urea groups is 1. The second-order valence-electron chi connectivity index (χ2n) is 6.76. The summed E-state index contributed by atoms with van der Waals surface area (Å²) in [5, 5.41) is 11.9. The number of carbonyl (C=O) groups is 2. The first-order valence-electron chi connectivity index (χ1n) is 8.82. The largest absolute Gasteiger partial charge is 0.755 e. The van der Waals surface area contributed by atoms with Crippen LogP contribution in [0.1, 0.15) is 25.3 Å². The Labute approximate surface area is 160 Å². The number of carboxylic acids is 1. The molecule has 0 saturated carbocycles. The highest BCUT2D eigenvalue weighted by molar-refractivity contribution is 7.80. The molecular formula is C18H22N3O5S-. The molecule has 0 aromatic heterocycles. The number of amides is 2. The van der Waals surface area contributed by atoms with Gasteiger partial charge in [0, 0.05) is 30.9 Å². The van der Waals surface area contributed by atoms with E-state index in [1.54, 1.807) is 24.0 Å². The Kier molecular flexibility index (Phi) is 5.81. The van der Waals surface area contributed by atoms with E-state index in [-0.39, 0.29) is 12.6 Å². The van der Waals surface area contributed by atoms with E-state index in [2.05, 4.69) is 5.32 Å². The lowest BCUT2D eigenvalue weighted by atomic mass is 9.97. The van der Waals surface area contributed by atoms with Gasteiger partial charge in [0.25, 0.3) is 0 Å². The predicted octanol–water partition coefficient (Wildman–Crippen LogP) is 1.58. The van der Waals surface area contributed by atoms with E-state index in [1.807, 2.05) is 18.2 Å². The number of para-hydroxylation sites is 1. The molecule has 2 atom stereocenters. The number of piperidine rings is 1. The Bertz CT molecular complexity index is 789. The number of nitrogens with zero attached hydrogens (tertiary/aromatic N) is 2. The SMILES string of the molecule is C[C@@H]1C(CNC(=O)N2CCC(C(=O)O)CC2)=Cc2ccccc2N1S(=O)[O-]. The van der Waals surface area contributed by atoms with Gasteiger partial charge in [-0.1, -0.05) is 18.2 Å². The van der Waals surface area contributed by atoms with Crippen molar-refractivity contribution in [2.75, 3.05) is 23.9 Å². The van der Waals surface area contributed by atoms with Crippen molar-refractivity contribution in [3.63, 3.8) is 0 Å². The Balaban J connectivity index is 1.65. The molecule has 146 valence electrons. The maximum absolute atomic E-state index is 12.4. The van der Waals surface area contributed by atoms with Crippen molar-refractivity contribution in [1.29, 1.82) is 0 Å². The number of carboxylic acid groups (broad SMARTS) is 1. The molecule has 1 saturated heterocycles. The van der Waals surface area contributed by atoms with Gasteiger partial charge in [0.1, 0.15) is 0 Å². The van der Waals surface area contributed by atoms with Crippen LogP contribution in [0.25, 0.3) is 6.08 Å². The molecule has 0 radical (unpaired) electrons. The molecule has 8 nitrogen and oxygen atoms in total. The van der Waals surface area contributed by atoms with Gasteiger partial charge in [0.05, 0.1) is 17.6 Å². The normalized spacial score (nSPS) is 21.3. The molecule has 1 aromatic rings. The summed E-state index contributed by atoms with van der Waals surface area (Å²) < 4.78 is 24.7. The first kappa shape index (κ1) is 19.4. The number of fused-ring (bicyclic) bond motifs is 1. The lowest BCUT2D eigenvalue weighted by Gasteiger charge is -2.38. The maximum Gasteiger partial charge on any atom is 0.317 e. The minimum absolute atomic E-state index is 0.223. The van der Waals surface area contributed by atoms with Crippen LogP contribution in [0.3, 0.4) is 0 Å². The van der Waals surface area contributed by atoms with Gasteiger partial charge < -0.3 is 19.9 Å². The Morgan fingerprint density at radius 1 is 1.30 bits per heavy atom. The molecule has 2 heterocycles. The second-order valence-corrected chi connectivity index (χ2v) is 7.58. The standard InChI is InChI=1S/C18H23N3O5S/c1-12-15(10-14-4-2-3-5-16(14)21(12)27(25)26)11-19-18(24)20-8-6-13(7-9-20)17(22)23/h2-5,10,12-13H,6-9,11H2,1H3,(H,19,24)(H,22,23)(H,25,26)/p-1/t12-/m1/s1. The number of hydrogen-bond donors (Lipinski definition) is 2. The van der Waals surface area contributed by atoms with Gasteiger partial charge in [0.2, 0.25) is 0 Å². The minimum Gasteiger partial charge on any atom is -0.755 e. The predicted molar refractivity (Wildman–Crippen MR) is 101 cm³/mol. The Morgan fingerprint density at radius 3 is 2.59 bits per heavy atom. The van der Waals surface area contributed by atoms with Crippen LogP contribution in [-0.2, 0) is 16.1 Å². The van der Waals surface area contributed by atoms with Crippen molar-refractivity contribution >= 4 is 35.0 Å². The van der Waals surface area contributed by atoms with Crippen LogP contribution in [0.2, 0.25) is 0 Å². The van der Waals surface area contributed by atoms with Crippen LogP contribution in [0.4, 0.5) is 10.5 Å². The van der Waals surface area contributed by atoms with Gasteiger partial charge in [-0.05, 0) is 43.0 Å². The minimum atomic E-state index is -2.43. The van der Waals surface area contributed by atoms with Crippen molar-refractivity contribution in [2.24, 2.45) is 5.92 Å². The number of nitrogens with one attached hydrogen (secondary N) is 1. The lowest BCUT2D eigenvalue weighted by molar-refractivity contribution is -0.143. The third kappa shape index (κ3) is 4.14. The van der Waals surface area contributed by atoms with E-state index < -0.39 is 29.2 Å². The molecule has 0 aliphatic carbocycles. The molecule has 2 amide bonds. The summed E-state index contributed by atoms with van der Waals surface area (Å²) in [5.41, 5.74) is 2.18. The zero-order chi connectivity index (χ0) is 19.6. The fourth-order valence-corrected chi connectivity index (χ4v) is 4.24. The highest BCUT2D eigenvalue weighted by atomic mass is 32.2. The summed E-state index contributed by atoms with van der Waals surface area (Å²) >= 11 is -2.43. The van der Waals surface area contributed by atoms with Gasteiger partial charge >= 0.3 is 12.0 Å². The molecule has 2 aliphatic heterocycles. The lowest BCUT2D eigenvalue weighted by Crippen LogP contribution is -2.47. The summed E-state index contributed by atoms with van der Waals surface area (Å²) in [6.45, 7) is 2.80. The van der Waals surface area contributed by atoms with Gasteiger partial charge in [0.15, 0.2) is 0 Å². The van der Waals surface area contributed by atoms with Gasteiger partial charge in [-0.25, -0.2) is 4.79 Å². The molecule has 2 aliphatic rings. The number of anilines is 1. The summed E-state index contributed by atoms with van der Waals surface area (Å²) in [6, 6.07) is 6.53. The molecule has 2 N–H and O–H groups in total. The number of carbonyl (C=O) groups excluding carboxylic acids is 1. The first-order valence-corrected chi connectivity index (χ1v) is 9.85. The van der Waals surface area contributed by atoms with E-state index in [0.717, 1.165) is 11.1 Å². The van der Waals surface area contributed by atoms with E-state index >= 15 is 0 Å². The molecule has 3 rings (SSSR count). The number of hydrogen-bond acceptors (Lipinski definition) is 4. The van der Waals surface area contributed by atoms with Crippen LogP contribution >= 0.6 is 0 Å². The third-order valence-electron chi connectivity index (χ3n) is 5.14. The van der Waals surface area contributed by atoms with Crippen LogP contribution < -0.4 is 9.62 Å². The van der Waals surface area contributed by atoms with E-state index in [4.69, 9.17) is 5.11 Å². The van der Waals surface area contributed by atoms with Crippen molar-refractivity contribution in [3.8, 4) is 0 Å². The molecule has 9 heteroatoms. The maximum atomic E-state index is 12.4. The zero-order valence-corrected chi connectivity index (χ0v) is 15.8. The quantitative estimate of drug-likeness (QED) is 0.756. The Morgan fingerprint density at radius 2 is 1.96 bits per heavy atom. The van der Waals surface area contributed by atoms with Gasteiger partial charge in [-0.15, -0.1) is 0 Å². The summed E-state index contributed by atoms with van der Waals surface area (Å²) in [4.78, 5) is 25.0. The number of likely N-dealkylation sites (tertiary alicyclic amines) is 1. The van der Waals surface area contributed by atoms with E-state index in [9.17, 15) is 18.4 Å². The number of rotatable bonds is 4. The number of benzene rings is 1. The monoisotopic (exact) mass is 392 g/mol. The highest BCUT2D eigenvalue weighted by Gasteiger charge is 2.29. The van der Waals surface area contributed by atoms with Crippen LogP contribution in [0.15, 0.2) is 29.8 Å². The summed E-state index contributed by atoms with van der Waals surface area (Å²) in [5.74, 6) is -1.21. The van der Waals surface area contributed by atoms with Crippen molar-refractivity contribution in [1.82, 2.24) is 10.2 Å². The Hall–Kier alpha value is -2.39. The average molecular weight is 392 g/mol. The van der Waals surface area contributed by atoms with Gasteiger partial charge in [-0.2, -0.15) is 0 Å². The van der Waals surface area contributed by atoms with Crippen LogP contribution in [-0.4, -0.2) is 56.4 Å². The fraction of sp³-hybridized carbons (Fsp3) is 0.444. The molecule has 1 unspecified atom stereocenters. The zero-order valence-electron chi connectivity index (χ0n) is 15.0.